The van der Waals surface area contributed by atoms with Gasteiger partial charge in [0.05, 0.1) is 11.3 Å². The molecule has 3 rings (SSSR count). The molecule has 8 nitrogen and oxygen atoms in total. The van der Waals surface area contributed by atoms with Crippen molar-refractivity contribution in [3.05, 3.63) is 48.0 Å². The number of aromatic hydroxyl groups is 2. The normalized spacial score (nSPS) is 21.1. The SMILES string of the molecule is CC1(C(=O)N[C@@H](Cc2ccc(-c3c(O)cccc3O)cc2)C(=O)O)CCCS1(=O)=O. The fourth-order valence-electron chi connectivity index (χ4n) is 3.61. The van der Waals surface area contributed by atoms with Gasteiger partial charge in [0.2, 0.25) is 5.91 Å². The van der Waals surface area contributed by atoms with Crippen LogP contribution in [0.3, 0.4) is 0 Å². The summed E-state index contributed by atoms with van der Waals surface area (Å²) in [5.74, 6) is -2.35. The average Bonchev–Trinajstić information content (AvgIpc) is 2.96. The van der Waals surface area contributed by atoms with E-state index in [1.54, 1.807) is 24.3 Å². The van der Waals surface area contributed by atoms with Crippen LogP contribution in [0.5, 0.6) is 11.5 Å². The highest BCUT2D eigenvalue weighted by Gasteiger charge is 2.50. The summed E-state index contributed by atoms with van der Waals surface area (Å²) >= 11 is 0. The summed E-state index contributed by atoms with van der Waals surface area (Å²) in [5, 5.41) is 31.8. The van der Waals surface area contributed by atoms with Crippen LogP contribution in [0.4, 0.5) is 0 Å². The topological polar surface area (TPSA) is 141 Å². The number of phenols is 2. The Hall–Kier alpha value is -3.07. The maximum Gasteiger partial charge on any atom is 0.326 e. The van der Waals surface area contributed by atoms with Crippen molar-refractivity contribution in [1.29, 1.82) is 0 Å². The van der Waals surface area contributed by atoms with Gasteiger partial charge < -0.3 is 20.6 Å². The number of carboxylic acids is 1. The van der Waals surface area contributed by atoms with Crippen LogP contribution in [0.1, 0.15) is 25.3 Å². The second kappa shape index (κ2) is 7.98. The van der Waals surface area contributed by atoms with Crippen molar-refractivity contribution in [2.24, 2.45) is 0 Å². The van der Waals surface area contributed by atoms with Crippen molar-refractivity contribution >= 4 is 21.7 Å². The Labute approximate surface area is 174 Å². The van der Waals surface area contributed by atoms with Crippen LogP contribution in [0.15, 0.2) is 42.5 Å². The first-order chi connectivity index (χ1) is 14.0. The van der Waals surface area contributed by atoms with Gasteiger partial charge in [-0.05, 0) is 43.0 Å². The van der Waals surface area contributed by atoms with E-state index < -0.39 is 32.5 Å². The first-order valence-corrected chi connectivity index (χ1v) is 11.1. The van der Waals surface area contributed by atoms with Gasteiger partial charge in [-0.1, -0.05) is 30.3 Å². The predicted octanol–water partition coefficient (Wildman–Crippen LogP) is 1.84. The van der Waals surface area contributed by atoms with Crippen molar-refractivity contribution in [2.75, 3.05) is 5.75 Å². The summed E-state index contributed by atoms with van der Waals surface area (Å²) in [7, 11) is -3.63. The number of carbonyl (C=O) groups excluding carboxylic acids is 1. The lowest BCUT2D eigenvalue weighted by Gasteiger charge is -2.24. The highest BCUT2D eigenvalue weighted by atomic mass is 32.2. The van der Waals surface area contributed by atoms with Gasteiger partial charge in [0.1, 0.15) is 22.3 Å². The largest absolute Gasteiger partial charge is 0.507 e. The summed E-state index contributed by atoms with van der Waals surface area (Å²) in [5.41, 5.74) is 1.38. The molecule has 1 fully saturated rings. The number of sulfone groups is 1. The molecule has 160 valence electrons. The third kappa shape index (κ3) is 3.97. The number of carbonyl (C=O) groups is 2. The summed E-state index contributed by atoms with van der Waals surface area (Å²) in [4.78, 5) is 24.3. The summed E-state index contributed by atoms with van der Waals surface area (Å²) in [6, 6.07) is 9.58. The van der Waals surface area contributed by atoms with E-state index in [1.807, 2.05) is 0 Å². The van der Waals surface area contributed by atoms with Crippen LogP contribution >= 0.6 is 0 Å². The standard InChI is InChI=1S/C21H23NO7S/c1-21(10-3-11-30(21,28)29)20(27)22-15(19(25)26)12-13-6-8-14(9-7-13)18-16(23)4-2-5-17(18)24/h2,4-9,15,23-24H,3,10-12H2,1H3,(H,22,27)(H,25,26)/t15-,21?/m0/s1. The van der Waals surface area contributed by atoms with Gasteiger partial charge in [-0.15, -0.1) is 0 Å². The first-order valence-electron chi connectivity index (χ1n) is 9.41. The highest BCUT2D eigenvalue weighted by molar-refractivity contribution is 7.93. The van der Waals surface area contributed by atoms with Gasteiger partial charge in [0, 0.05) is 6.42 Å². The number of phenolic OH excluding ortho intramolecular Hbond substituents is 2. The fraction of sp³-hybridized carbons (Fsp3) is 0.333. The summed E-state index contributed by atoms with van der Waals surface area (Å²) in [6.07, 6.45) is 0.473. The molecule has 9 heteroatoms. The third-order valence-electron chi connectivity index (χ3n) is 5.54. The maximum absolute atomic E-state index is 12.6. The third-order valence-corrected chi connectivity index (χ3v) is 8.13. The number of hydrogen-bond donors (Lipinski definition) is 4. The lowest BCUT2D eigenvalue weighted by atomic mass is 9.98. The minimum absolute atomic E-state index is 0.0514. The smallest absolute Gasteiger partial charge is 0.326 e. The zero-order valence-corrected chi connectivity index (χ0v) is 17.1. The number of rotatable bonds is 6. The van der Waals surface area contributed by atoms with Gasteiger partial charge in [-0.25, -0.2) is 13.2 Å². The molecule has 0 aliphatic carbocycles. The van der Waals surface area contributed by atoms with E-state index in [9.17, 15) is 33.3 Å². The van der Waals surface area contributed by atoms with E-state index in [2.05, 4.69) is 5.32 Å². The minimum atomic E-state index is -3.63. The Morgan fingerprint density at radius 1 is 1.10 bits per heavy atom. The number of benzene rings is 2. The molecule has 0 spiro atoms. The maximum atomic E-state index is 12.6. The van der Waals surface area contributed by atoms with Crippen LogP contribution < -0.4 is 5.32 Å². The Bertz CT molecular complexity index is 1060. The second-order valence-corrected chi connectivity index (χ2v) is 10.1. The van der Waals surface area contributed by atoms with Crippen LogP contribution in [-0.2, 0) is 25.8 Å². The Morgan fingerprint density at radius 3 is 2.20 bits per heavy atom. The summed E-state index contributed by atoms with van der Waals surface area (Å²) in [6.45, 7) is 1.33. The zero-order valence-electron chi connectivity index (χ0n) is 16.3. The van der Waals surface area contributed by atoms with Gasteiger partial charge in [-0.3, -0.25) is 4.79 Å². The van der Waals surface area contributed by atoms with Crippen molar-refractivity contribution in [3.63, 3.8) is 0 Å². The fourth-order valence-corrected chi connectivity index (χ4v) is 5.38. The molecule has 2 atom stereocenters. The molecule has 1 saturated heterocycles. The Kier molecular flexibility index (Phi) is 5.76. The molecule has 2 aromatic rings. The monoisotopic (exact) mass is 433 g/mol. The van der Waals surface area contributed by atoms with Crippen LogP contribution in [0, 0.1) is 0 Å². The Balaban J connectivity index is 1.78. The molecule has 0 radical (unpaired) electrons. The van der Waals surface area contributed by atoms with Crippen LogP contribution in [-0.4, -0.2) is 52.2 Å². The van der Waals surface area contributed by atoms with E-state index in [0.29, 0.717) is 17.5 Å². The van der Waals surface area contributed by atoms with Gasteiger partial charge in [0.15, 0.2) is 9.84 Å². The molecule has 1 aliphatic heterocycles. The molecule has 4 N–H and O–H groups in total. The number of nitrogens with one attached hydrogen (secondary N) is 1. The van der Waals surface area contributed by atoms with E-state index in [0.717, 1.165) is 0 Å². The predicted molar refractivity (Wildman–Crippen MR) is 110 cm³/mol. The van der Waals surface area contributed by atoms with Crippen molar-refractivity contribution in [1.82, 2.24) is 5.32 Å². The molecule has 1 heterocycles. The van der Waals surface area contributed by atoms with Gasteiger partial charge >= 0.3 is 5.97 Å². The van der Waals surface area contributed by atoms with Gasteiger partial charge in [-0.2, -0.15) is 0 Å². The van der Waals surface area contributed by atoms with E-state index in [-0.39, 0.29) is 35.7 Å². The molecular weight excluding hydrogens is 410 g/mol. The number of hydrogen-bond acceptors (Lipinski definition) is 6. The number of aliphatic carboxylic acids is 1. The summed E-state index contributed by atoms with van der Waals surface area (Å²) < 4.78 is 22.8. The molecular formula is C21H23NO7S. The average molecular weight is 433 g/mol. The molecule has 0 saturated carbocycles. The van der Waals surface area contributed by atoms with E-state index in [1.165, 1.54) is 25.1 Å². The molecule has 0 bridgehead atoms. The number of amides is 1. The second-order valence-electron chi connectivity index (χ2n) is 7.59. The van der Waals surface area contributed by atoms with Crippen molar-refractivity contribution in [3.8, 4) is 22.6 Å². The number of carboxylic acid groups (broad SMARTS) is 1. The van der Waals surface area contributed by atoms with Crippen LogP contribution in [0.2, 0.25) is 0 Å². The van der Waals surface area contributed by atoms with Crippen LogP contribution in [0.25, 0.3) is 11.1 Å². The highest BCUT2D eigenvalue weighted by Crippen LogP contribution is 2.37. The molecule has 1 aliphatic rings. The molecule has 2 aromatic carbocycles. The van der Waals surface area contributed by atoms with E-state index in [4.69, 9.17) is 0 Å². The Morgan fingerprint density at radius 2 is 1.70 bits per heavy atom. The molecule has 1 unspecified atom stereocenters. The van der Waals surface area contributed by atoms with Gasteiger partial charge in [0.25, 0.3) is 0 Å². The lowest BCUT2D eigenvalue weighted by molar-refractivity contribution is -0.142. The quantitative estimate of drug-likeness (QED) is 0.545. The lowest BCUT2D eigenvalue weighted by Crippen LogP contribution is -2.53. The van der Waals surface area contributed by atoms with E-state index >= 15 is 0 Å². The first kappa shape index (κ1) is 21.6. The molecule has 0 aromatic heterocycles. The molecule has 1 amide bonds. The van der Waals surface area contributed by atoms with Crippen molar-refractivity contribution < 1.29 is 33.3 Å². The molecule has 30 heavy (non-hydrogen) atoms. The minimum Gasteiger partial charge on any atom is -0.507 e. The zero-order chi connectivity index (χ0) is 22.1. The van der Waals surface area contributed by atoms with Crippen molar-refractivity contribution in [2.45, 2.75) is 37.0 Å².